The monoisotopic (exact) mass is 398 g/mol. The van der Waals surface area contributed by atoms with Crippen LogP contribution in [0.2, 0.25) is 0 Å². The summed E-state index contributed by atoms with van der Waals surface area (Å²) >= 11 is 4.08. The van der Waals surface area contributed by atoms with E-state index in [1.165, 1.54) is 25.7 Å². The van der Waals surface area contributed by atoms with Gasteiger partial charge in [-0.3, -0.25) is 0 Å². The molecule has 2 atom stereocenters. The van der Waals surface area contributed by atoms with Gasteiger partial charge in [0.1, 0.15) is 12.7 Å². The first-order valence-corrected chi connectivity index (χ1v) is 9.68. The largest absolute Gasteiger partial charge is 0.508 e. The van der Waals surface area contributed by atoms with Crippen molar-refractivity contribution in [2.75, 3.05) is 27.4 Å². The van der Waals surface area contributed by atoms with Crippen LogP contribution in [0, 0.1) is 0 Å². The van der Waals surface area contributed by atoms with E-state index in [1.54, 1.807) is 21.1 Å². The van der Waals surface area contributed by atoms with E-state index in [4.69, 9.17) is 9.47 Å². The van der Waals surface area contributed by atoms with Crippen LogP contribution in [0.4, 0.5) is 4.79 Å². The summed E-state index contributed by atoms with van der Waals surface area (Å²) in [4.78, 5) is 11.0. The number of allylic oxidation sites excluding steroid dienone is 2. The number of hydrogen-bond donors (Lipinski definition) is 1. The molecule has 0 aromatic heterocycles. The van der Waals surface area contributed by atoms with E-state index in [-0.39, 0.29) is 12.2 Å². The zero-order valence-electron chi connectivity index (χ0n) is 16.9. The zero-order valence-corrected chi connectivity index (χ0v) is 17.8. The average molecular weight is 399 g/mol. The second-order valence-electron chi connectivity index (χ2n) is 6.08. The minimum absolute atomic E-state index is 0.0486. The molecule has 0 radical (unpaired) electrons. The molecule has 1 saturated heterocycles. The number of carbonyl (C=O) groups excluding carboxylic acids is 1. The predicted octanol–water partition coefficient (Wildman–Crippen LogP) is 5.30. The SMILES string of the molecule is C1=CCCCC1.CC1COC(=O)O1.COCC(C)OC.Sc1ccccc1. The second-order valence-corrected chi connectivity index (χ2v) is 6.60. The Balaban J connectivity index is 0.000000334. The second kappa shape index (κ2) is 17.9. The molecule has 0 spiro atoms. The molecule has 27 heavy (non-hydrogen) atoms. The first kappa shape index (κ1) is 25.5. The van der Waals surface area contributed by atoms with Gasteiger partial charge in [0, 0.05) is 19.1 Å². The van der Waals surface area contributed by atoms with Crippen molar-refractivity contribution < 1.29 is 23.7 Å². The Morgan fingerprint density at radius 3 is 1.93 bits per heavy atom. The Bertz CT molecular complexity index is 485. The highest BCUT2D eigenvalue weighted by Crippen LogP contribution is 2.07. The fraction of sp³-hybridized carbons (Fsp3) is 0.571. The van der Waals surface area contributed by atoms with E-state index >= 15 is 0 Å². The molecule has 1 aromatic carbocycles. The molecule has 0 N–H and O–H groups in total. The molecule has 6 heteroatoms. The minimum Gasteiger partial charge on any atom is -0.430 e. The third kappa shape index (κ3) is 17.7. The van der Waals surface area contributed by atoms with Gasteiger partial charge in [0.15, 0.2) is 0 Å². The molecule has 2 unspecified atom stereocenters. The van der Waals surface area contributed by atoms with Crippen molar-refractivity contribution in [1.82, 2.24) is 0 Å². The van der Waals surface area contributed by atoms with Crippen molar-refractivity contribution in [1.29, 1.82) is 0 Å². The number of thiol groups is 1. The van der Waals surface area contributed by atoms with Gasteiger partial charge in [-0.1, -0.05) is 30.4 Å². The number of ether oxygens (including phenoxy) is 4. The maximum Gasteiger partial charge on any atom is 0.508 e. The normalized spacial score (nSPS) is 18.3. The van der Waals surface area contributed by atoms with Crippen LogP contribution in [0.1, 0.15) is 39.5 Å². The Hall–Kier alpha value is -1.50. The van der Waals surface area contributed by atoms with Crippen LogP contribution in [-0.4, -0.2) is 45.8 Å². The van der Waals surface area contributed by atoms with E-state index in [0.29, 0.717) is 13.2 Å². The summed E-state index contributed by atoms with van der Waals surface area (Å²) in [6, 6.07) is 9.79. The molecule has 1 fully saturated rings. The van der Waals surface area contributed by atoms with E-state index < -0.39 is 6.16 Å². The molecular weight excluding hydrogens is 364 g/mol. The highest BCUT2D eigenvalue weighted by molar-refractivity contribution is 7.80. The van der Waals surface area contributed by atoms with Crippen molar-refractivity contribution in [2.45, 2.75) is 56.6 Å². The van der Waals surface area contributed by atoms with Gasteiger partial charge in [-0.15, -0.1) is 12.6 Å². The van der Waals surface area contributed by atoms with Crippen LogP contribution in [0.15, 0.2) is 47.4 Å². The Morgan fingerprint density at radius 2 is 1.74 bits per heavy atom. The molecule has 0 saturated carbocycles. The summed E-state index contributed by atoms with van der Waals surface area (Å²) in [5.41, 5.74) is 0. The molecule has 0 amide bonds. The number of hydrogen-bond acceptors (Lipinski definition) is 6. The lowest BCUT2D eigenvalue weighted by molar-refractivity contribution is 0.0401. The highest BCUT2D eigenvalue weighted by Gasteiger charge is 2.19. The number of benzene rings is 1. The quantitative estimate of drug-likeness (QED) is 0.425. The van der Waals surface area contributed by atoms with Crippen LogP contribution in [0.25, 0.3) is 0 Å². The fourth-order valence-electron chi connectivity index (χ4n) is 1.91. The number of carbonyl (C=O) groups is 1. The fourth-order valence-corrected chi connectivity index (χ4v) is 2.08. The standard InChI is InChI=1S/C6H6S.C6H10.C5H12O2.C4H6O3/c7-6-4-2-1-3-5-6;1-2-4-6-5-3-1;1-5(7-3)4-6-2;1-3-2-6-4(5)7-3/h1-5,7H;1-2H,3-6H2;5H,4H2,1-3H3;3H,2H2,1H3. The van der Waals surface area contributed by atoms with E-state index in [9.17, 15) is 4.79 Å². The topological polar surface area (TPSA) is 54.0 Å². The summed E-state index contributed by atoms with van der Waals surface area (Å²) in [6.45, 7) is 4.82. The van der Waals surface area contributed by atoms with Crippen LogP contribution in [0.3, 0.4) is 0 Å². The van der Waals surface area contributed by atoms with Crippen LogP contribution in [-0.2, 0) is 18.9 Å². The number of methoxy groups -OCH3 is 2. The summed E-state index contributed by atoms with van der Waals surface area (Å²) in [6.07, 6.45) is 9.63. The van der Waals surface area contributed by atoms with Gasteiger partial charge in [0.2, 0.25) is 0 Å². The molecule has 2 aliphatic rings. The molecule has 3 rings (SSSR count). The maximum atomic E-state index is 10.0. The maximum absolute atomic E-state index is 10.0. The molecule has 0 bridgehead atoms. The Morgan fingerprint density at radius 1 is 1.15 bits per heavy atom. The van der Waals surface area contributed by atoms with Gasteiger partial charge in [-0.2, -0.15) is 0 Å². The Kier molecular flexibility index (Phi) is 16.9. The van der Waals surface area contributed by atoms with Crippen molar-refractivity contribution in [2.24, 2.45) is 0 Å². The summed E-state index contributed by atoms with van der Waals surface area (Å²) in [7, 11) is 3.33. The average Bonchev–Trinajstić information content (AvgIpc) is 3.08. The van der Waals surface area contributed by atoms with Gasteiger partial charge in [-0.05, 0) is 51.7 Å². The van der Waals surface area contributed by atoms with Crippen molar-refractivity contribution >= 4 is 18.8 Å². The first-order valence-electron chi connectivity index (χ1n) is 9.23. The first-order chi connectivity index (χ1) is 13.0. The summed E-state index contributed by atoms with van der Waals surface area (Å²) < 4.78 is 18.5. The van der Waals surface area contributed by atoms with Gasteiger partial charge in [0.05, 0.1) is 12.7 Å². The lowest BCUT2D eigenvalue weighted by atomic mass is 10.1. The predicted molar refractivity (Wildman–Crippen MR) is 112 cm³/mol. The third-order valence-corrected chi connectivity index (χ3v) is 3.75. The van der Waals surface area contributed by atoms with Crippen LogP contribution >= 0.6 is 12.6 Å². The molecular formula is C21H34O5S. The molecule has 1 heterocycles. The van der Waals surface area contributed by atoms with Gasteiger partial charge >= 0.3 is 6.16 Å². The number of cyclic esters (lactones) is 2. The van der Waals surface area contributed by atoms with Crippen molar-refractivity contribution in [3.63, 3.8) is 0 Å². The van der Waals surface area contributed by atoms with Gasteiger partial charge < -0.3 is 18.9 Å². The lowest BCUT2D eigenvalue weighted by Gasteiger charge is -2.05. The lowest BCUT2D eigenvalue weighted by Crippen LogP contribution is -2.11. The third-order valence-electron chi connectivity index (χ3n) is 3.45. The smallest absolute Gasteiger partial charge is 0.430 e. The van der Waals surface area contributed by atoms with E-state index in [0.717, 1.165) is 4.90 Å². The highest BCUT2D eigenvalue weighted by atomic mass is 32.1. The molecule has 1 aromatic rings. The summed E-state index contributed by atoms with van der Waals surface area (Å²) in [5.74, 6) is 0. The molecule has 1 aliphatic heterocycles. The van der Waals surface area contributed by atoms with Crippen LogP contribution in [0.5, 0.6) is 0 Å². The van der Waals surface area contributed by atoms with Crippen LogP contribution < -0.4 is 0 Å². The van der Waals surface area contributed by atoms with Gasteiger partial charge in [0.25, 0.3) is 0 Å². The Labute approximate surface area is 169 Å². The molecule has 154 valence electrons. The molecule has 5 nitrogen and oxygen atoms in total. The molecule has 1 aliphatic carbocycles. The van der Waals surface area contributed by atoms with Crippen molar-refractivity contribution in [3.8, 4) is 0 Å². The van der Waals surface area contributed by atoms with E-state index in [2.05, 4.69) is 34.3 Å². The van der Waals surface area contributed by atoms with Gasteiger partial charge in [-0.25, -0.2) is 4.79 Å². The number of rotatable bonds is 3. The minimum atomic E-state index is -0.549. The summed E-state index contributed by atoms with van der Waals surface area (Å²) in [5, 5.41) is 0. The van der Waals surface area contributed by atoms with E-state index in [1.807, 2.05) is 37.3 Å². The zero-order chi connectivity index (χ0) is 20.3. The van der Waals surface area contributed by atoms with Crippen molar-refractivity contribution in [3.05, 3.63) is 42.5 Å².